The lowest BCUT2D eigenvalue weighted by Crippen LogP contribution is -2.41. The minimum absolute atomic E-state index is 0.0897. The van der Waals surface area contributed by atoms with Crippen molar-refractivity contribution < 1.29 is 9.59 Å². The summed E-state index contributed by atoms with van der Waals surface area (Å²) in [6.45, 7) is 4.78. The molecule has 0 amide bonds. The van der Waals surface area contributed by atoms with E-state index in [4.69, 9.17) is 0 Å². The summed E-state index contributed by atoms with van der Waals surface area (Å²) in [6.07, 6.45) is 5.18. The van der Waals surface area contributed by atoms with E-state index in [9.17, 15) is 9.59 Å². The Morgan fingerprint density at radius 2 is 1.71 bits per heavy atom. The topological polar surface area (TPSA) is 46.5 Å². The molecule has 0 N–H and O–H groups in total. The molecule has 3 nitrogen and oxygen atoms in total. The molecule has 0 atom stereocenters. The number of rotatable bonds is 1. The van der Waals surface area contributed by atoms with Gasteiger partial charge in [0.2, 0.25) is 0 Å². The summed E-state index contributed by atoms with van der Waals surface area (Å²) in [4.78, 5) is 28.7. The lowest BCUT2D eigenvalue weighted by atomic mass is 9.70. The number of Topliss-reactive ketones (excluding diaryl/α,β-unsaturated/α-hetero) is 2. The fourth-order valence-corrected chi connectivity index (χ4v) is 2.89. The average Bonchev–Trinajstić information content (AvgIpc) is 2.43. The smallest absolute Gasteiger partial charge is 0.149 e. The molecular formula is C14H21NO2. The maximum atomic E-state index is 12.1. The highest BCUT2D eigenvalue weighted by molar-refractivity contribution is 6.22. The maximum Gasteiger partial charge on any atom is 0.149 e. The van der Waals surface area contributed by atoms with E-state index in [2.05, 4.69) is 4.99 Å². The van der Waals surface area contributed by atoms with Crippen molar-refractivity contribution >= 4 is 17.3 Å². The summed E-state index contributed by atoms with van der Waals surface area (Å²) in [5, 5.41) is 0. The number of hydrogen-bond donors (Lipinski definition) is 0. The quantitative estimate of drug-likeness (QED) is 0.656. The number of carbonyl (C=O) groups is 2. The van der Waals surface area contributed by atoms with Gasteiger partial charge in [-0.2, -0.15) is 0 Å². The van der Waals surface area contributed by atoms with E-state index in [1.54, 1.807) is 0 Å². The van der Waals surface area contributed by atoms with Crippen LogP contribution in [0.15, 0.2) is 4.99 Å². The molecule has 0 unspecified atom stereocenters. The van der Waals surface area contributed by atoms with Crippen molar-refractivity contribution in [2.45, 2.75) is 52.4 Å². The normalized spacial score (nSPS) is 26.6. The zero-order chi connectivity index (χ0) is 12.5. The monoisotopic (exact) mass is 235 g/mol. The maximum absolute atomic E-state index is 12.1. The van der Waals surface area contributed by atoms with Crippen LogP contribution >= 0.6 is 0 Å². The summed E-state index contributed by atoms with van der Waals surface area (Å²) in [6, 6.07) is 0. The van der Waals surface area contributed by atoms with Crippen LogP contribution in [-0.4, -0.2) is 23.8 Å². The standard InChI is InChI=1S/C14H21NO2/c1-14(2)8-11(16)13(12(17)9-14)10-6-4-3-5-7-15-10/h13H,3-9H2,1-2H3. The first-order chi connectivity index (χ1) is 7.99. The fraction of sp³-hybridized carbons (Fsp3) is 0.786. The van der Waals surface area contributed by atoms with Gasteiger partial charge in [0.1, 0.15) is 17.5 Å². The summed E-state index contributed by atoms with van der Waals surface area (Å²) in [5.74, 6) is -0.320. The highest BCUT2D eigenvalue weighted by atomic mass is 16.2. The Balaban J connectivity index is 2.18. The number of aliphatic imine (C=N–C) groups is 1. The second-order valence-electron chi connectivity index (χ2n) is 6.07. The van der Waals surface area contributed by atoms with E-state index in [1.165, 1.54) is 0 Å². The third-order valence-corrected chi connectivity index (χ3v) is 3.69. The van der Waals surface area contributed by atoms with Crippen LogP contribution in [0.3, 0.4) is 0 Å². The Morgan fingerprint density at radius 1 is 1.06 bits per heavy atom. The molecule has 2 rings (SSSR count). The first-order valence-corrected chi connectivity index (χ1v) is 6.58. The Morgan fingerprint density at radius 3 is 2.35 bits per heavy atom. The fourth-order valence-electron chi connectivity index (χ4n) is 2.89. The SMILES string of the molecule is CC1(C)CC(=O)C(C2=NCCCCC2)C(=O)C1. The lowest BCUT2D eigenvalue weighted by molar-refractivity contribution is -0.136. The van der Waals surface area contributed by atoms with Crippen molar-refractivity contribution in [1.82, 2.24) is 0 Å². The summed E-state index contributed by atoms with van der Waals surface area (Å²) in [7, 11) is 0. The minimum Gasteiger partial charge on any atom is -0.298 e. The van der Waals surface area contributed by atoms with Crippen molar-refractivity contribution in [2.75, 3.05) is 6.54 Å². The molecule has 1 aliphatic heterocycles. The van der Waals surface area contributed by atoms with Gasteiger partial charge in [-0.25, -0.2) is 0 Å². The molecule has 0 bridgehead atoms. The second kappa shape index (κ2) is 4.71. The average molecular weight is 235 g/mol. The second-order valence-corrected chi connectivity index (χ2v) is 6.07. The van der Waals surface area contributed by atoms with Gasteiger partial charge < -0.3 is 0 Å². The lowest BCUT2D eigenvalue weighted by Gasteiger charge is -2.32. The highest BCUT2D eigenvalue weighted by Gasteiger charge is 2.41. The number of hydrogen-bond acceptors (Lipinski definition) is 3. The minimum atomic E-state index is -0.499. The summed E-state index contributed by atoms with van der Waals surface area (Å²) >= 11 is 0. The highest BCUT2D eigenvalue weighted by Crippen LogP contribution is 2.35. The van der Waals surface area contributed by atoms with E-state index < -0.39 is 5.92 Å². The Kier molecular flexibility index (Phi) is 3.45. The largest absolute Gasteiger partial charge is 0.298 e. The van der Waals surface area contributed by atoms with Gasteiger partial charge in [-0.15, -0.1) is 0 Å². The van der Waals surface area contributed by atoms with Crippen LogP contribution in [0.1, 0.15) is 52.4 Å². The third kappa shape index (κ3) is 2.82. The van der Waals surface area contributed by atoms with Crippen LogP contribution in [0.4, 0.5) is 0 Å². The first kappa shape index (κ1) is 12.5. The Bertz CT molecular complexity index is 348. The molecule has 1 fully saturated rings. The molecule has 3 heteroatoms. The van der Waals surface area contributed by atoms with Crippen LogP contribution in [0.2, 0.25) is 0 Å². The van der Waals surface area contributed by atoms with Crippen LogP contribution in [0.25, 0.3) is 0 Å². The van der Waals surface area contributed by atoms with Crippen LogP contribution in [-0.2, 0) is 9.59 Å². The van der Waals surface area contributed by atoms with Crippen molar-refractivity contribution in [2.24, 2.45) is 16.3 Å². The number of carbonyl (C=O) groups excluding carboxylic acids is 2. The van der Waals surface area contributed by atoms with Crippen molar-refractivity contribution in [1.29, 1.82) is 0 Å². The van der Waals surface area contributed by atoms with E-state index in [0.717, 1.165) is 37.9 Å². The predicted octanol–water partition coefficient (Wildman–Crippen LogP) is 2.58. The molecule has 0 aromatic heterocycles. The third-order valence-electron chi connectivity index (χ3n) is 3.69. The molecule has 1 aliphatic carbocycles. The van der Waals surface area contributed by atoms with Gasteiger partial charge in [0, 0.05) is 25.1 Å². The van der Waals surface area contributed by atoms with E-state index in [0.29, 0.717) is 12.8 Å². The molecule has 94 valence electrons. The molecule has 0 aromatic rings. The van der Waals surface area contributed by atoms with Gasteiger partial charge in [-0.1, -0.05) is 20.3 Å². The number of ketones is 2. The number of nitrogens with zero attached hydrogens (tertiary/aromatic N) is 1. The van der Waals surface area contributed by atoms with Crippen molar-refractivity contribution in [3.05, 3.63) is 0 Å². The van der Waals surface area contributed by atoms with Gasteiger partial charge in [0.15, 0.2) is 0 Å². The van der Waals surface area contributed by atoms with Crippen LogP contribution in [0, 0.1) is 11.3 Å². The van der Waals surface area contributed by atoms with Gasteiger partial charge in [0.25, 0.3) is 0 Å². The van der Waals surface area contributed by atoms with Crippen LogP contribution in [0.5, 0.6) is 0 Å². The van der Waals surface area contributed by atoms with Gasteiger partial charge in [-0.3, -0.25) is 14.6 Å². The van der Waals surface area contributed by atoms with E-state index >= 15 is 0 Å². The molecule has 0 radical (unpaired) electrons. The molecule has 1 saturated carbocycles. The summed E-state index contributed by atoms with van der Waals surface area (Å²) < 4.78 is 0. The van der Waals surface area contributed by atoms with Crippen molar-refractivity contribution in [3.63, 3.8) is 0 Å². The Labute approximate surface area is 103 Å². The van der Waals surface area contributed by atoms with Crippen molar-refractivity contribution in [3.8, 4) is 0 Å². The predicted molar refractivity (Wildman–Crippen MR) is 67.3 cm³/mol. The van der Waals surface area contributed by atoms with E-state index in [-0.39, 0.29) is 17.0 Å². The van der Waals surface area contributed by atoms with Crippen LogP contribution < -0.4 is 0 Å². The molecule has 17 heavy (non-hydrogen) atoms. The molecule has 2 aliphatic rings. The molecule has 0 saturated heterocycles. The molecular weight excluding hydrogens is 214 g/mol. The zero-order valence-corrected chi connectivity index (χ0v) is 10.8. The first-order valence-electron chi connectivity index (χ1n) is 6.58. The Hall–Kier alpha value is -0.990. The van der Waals surface area contributed by atoms with Gasteiger partial charge >= 0.3 is 0 Å². The van der Waals surface area contributed by atoms with Gasteiger partial charge in [0.05, 0.1) is 0 Å². The van der Waals surface area contributed by atoms with E-state index in [1.807, 2.05) is 13.8 Å². The molecule has 1 heterocycles. The molecule has 0 spiro atoms. The van der Waals surface area contributed by atoms with Gasteiger partial charge in [-0.05, 0) is 24.7 Å². The molecule has 0 aromatic carbocycles. The zero-order valence-electron chi connectivity index (χ0n) is 10.8. The summed E-state index contributed by atoms with van der Waals surface area (Å²) in [5.41, 5.74) is 0.712.